The van der Waals surface area contributed by atoms with Crippen molar-refractivity contribution in [3.8, 4) is 0 Å². The van der Waals surface area contributed by atoms with Gasteiger partial charge in [0.25, 0.3) is 11.5 Å². The maximum Gasteiger partial charge on any atom is 0.407 e. The standard InChI is InChI=1S/C31H43N11O9/c1-31(2,3)51-30(49)38-16-20(32)26(45)35-11-13-50-12-10-34-22(43)9-8-21(28(47)48)40-25(44)17-4-6-18(7-5-17)36-14-19-15-37-24-23(39-19)27(46)42-29(33)41-24/h4-7,15,20-21,36H,8-14,16,32H2,1-3H3,(H,34,43)(H,35,45)(H,38,49)(H,40,44)(H,47,48)(H3,33,37,41,42,46). The van der Waals surface area contributed by atoms with Crippen LogP contribution in [0.5, 0.6) is 0 Å². The van der Waals surface area contributed by atoms with E-state index in [2.05, 4.69) is 46.5 Å². The number of hydrogen-bond donors (Lipinski definition) is 9. The molecule has 276 valence electrons. The van der Waals surface area contributed by atoms with Crippen LogP contribution in [0.1, 0.15) is 49.7 Å². The van der Waals surface area contributed by atoms with E-state index in [1.807, 2.05) is 0 Å². The van der Waals surface area contributed by atoms with Gasteiger partial charge in [-0.2, -0.15) is 4.98 Å². The molecule has 0 saturated carbocycles. The number of hydrogen-bond acceptors (Lipinski definition) is 14. The first-order valence-corrected chi connectivity index (χ1v) is 15.8. The number of alkyl carbamates (subject to hydrolysis) is 1. The second-order valence-corrected chi connectivity index (χ2v) is 12.1. The van der Waals surface area contributed by atoms with Crippen molar-refractivity contribution in [3.63, 3.8) is 0 Å². The van der Waals surface area contributed by atoms with Crippen LogP contribution in [0.15, 0.2) is 35.3 Å². The number of carbonyl (C=O) groups excluding carboxylic acids is 4. The number of nitrogens with two attached hydrogens (primary N) is 2. The van der Waals surface area contributed by atoms with Crippen molar-refractivity contribution < 1.29 is 38.6 Å². The van der Waals surface area contributed by atoms with Gasteiger partial charge in [0.2, 0.25) is 17.8 Å². The Labute approximate surface area is 291 Å². The van der Waals surface area contributed by atoms with Crippen molar-refractivity contribution in [3.05, 3.63) is 52.1 Å². The lowest BCUT2D eigenvalue weighted by atomic mass is 10.1. The van der Waals surface area contributed by atoms with E-state index >= 15 is 0 Å². The van der Waals surface area contributed by atoms with Crippen LogP contribution in [0.4, 0.5) is 16.4 Å². The van der Waals surface area contributed by atoms with Gasteiger partial charge in [0.15, 0.2) is 11.2 Å². The Morgan fingerprint density at radius 3 is 2.35 bits per heavy atom. The third kappa shape index (κ3) is 13.9. The number of nitrogens with one attached hydrogen (secondary N) is 6. The van der Waals surface area contributed by atoms with Crippen molar-refractivity contribution in [2.24, 2.45) is 5.73 Å². The highest BCUT2D eigenvalue weighted by molar-refractivity contribution is 5.97. The predicted octanol–water partition coefficient (Wildman–Crippen LogP) is -1.03. The van der Waals surface area contributed by atoms with Crippen molar-refractivity contribution in [1.82, 2.24) is 41.2 Å². The fraction of sp³-hybridized carbons (Fsp3) is 0.452. The SMILES string of the molecule is CC(C)(C)OC(=O)NCC(N)C(=O)NCCOCCNC(=O)CCC(NC(=O)c1ccc(NCc2cnc3nc(N)[nH]c(=O)c3n2)cc1)C(=O)O. The molecule has 11 N–H and O–H groups in total. The summed E-state index contributed by atoms with van der Waals surface area (Å²) in [5, 5.41) is 22.7. The minimum absolute atomic E-state index is 0.0425. The molecule has 3 rings (SSSR count). The average molecular weight is 714 g/mol. The van der Waals surface area contributed by atoms with Gasteiger partial charge in [-0.3, -0.25) is 24.2 Å². The highest BCUT2D eigenvalue weighted by Crippen LogP contribution is 2.12. The number of amides is 4. The maximum atomic E-state index is 12.7. The number of rotatable bonds is 18. The molecule has 0 aliphatic rings. The van der Waals surface area contributed by atoms with Gasteiger partial charge >= 0.3 is 12.1 Å². The van der Waals surface area contributed by atoms with Crippen LogP contribution in [0.25, 0.3) is 11.2 Å². The normalized spacial score (nSPS) is 12.3. The number of ether oxygens (including phenoxy) is 2. The zero-order valence-corrected chi connectivity index (χ0v) is 28.4. The summed E-state index contributed by atoms with van der Waals surface area (Å²) >= 11 is 0. The Bertz CT molecular complexity index is 1740. The Hall–Kier alpha value is -5.89. The number of carbonyl (C=O) groups is 5. The van der Waals surface area contributed by atoms with E-state index < -0.39 is 53.0 Å². The number of aliphatic carboxylic acids is 1. The molecule has 4 amide bonds. The Morgan fingerprint density at radius 1 is 1.00 bits per heavy atom. The zero-order chi connectivity index (χ0) is 37.6. The highest BCUT2D eigenvalue weighted by atomic mass is 16.6. The highest BCUT2D eigenvalue weighted by Gasteiger charge is 2.22. The van der Waals surface area contributed by atoms with Gasteiger partial charge in [0.05, 0.1) is 31.6 Å². The number of aromatic amines is 1. The second kappa shape index (κ2) is 18.8. The number of nitrogen functional groups attached to an aromatic ring is 1. The number of carboxylic acids is 1. The molecule has 20 nitrogen and oxygen atoms in total. The minimum Gasteiger partial charge on any atom is -0.480 e. The van der Waals surface area contributed by atoms with Gasteiger partial charge in [0.1, 0.15) is 17.7 Å². The Kier molecular flexibility index (Phi) is 14.5. The molecule has 2 aromatic heterocycles. The van der Waals surface area contributed by atoms with Crippen LogP contribution in [0.3, 0.4) is 0 Å². The molecule has 2 atom stereocenters. The van der Waals surface area contributed by atoms with E-state index in [0.717, 1.165) is 0 Å². The molecule has 2 unspecified atom stereocenters. The summed E-state index contributed by atoms with van der Waals surface area (Å²) in [7, 11) is 0. The summed E-state index contributed by atoms with van der Waals surface area (Å²) in [6, 6.07) is 3.91. The van der Waals surface area contributed by atoms with Gasteiger partial charge in [-0.05, 0) is 51.5 Å². The zero-order valence-electron chi connectivity index (χ0n) is 28.4. The van der Waals surface area contributed by atoms with Crippen LogP contribution in [-0.4, -0.2) is 105 Å². The first-order valence-electron chi connectivity index (χ1n) is 15.8. The fourth-order valence-electron chi connectivity index (χ4n) is 4.19. The summed E-state index contributed by atoms with van der Waals surface area (Å²) in [4.78, 5) is 87.1. The lowest BCUT2D eigenvalue weighted by molar-refractivity contribution is -0.139. The third-order valence-electron chi connectivity index (χ3n) is 6.69. The van der Waals surface area contributed by atoms with E-state index in [4.69, 9.17) is 20.9 Å². The fourth-order valence-corrected chi connectivity index (χ4v) is 4.19. The van der Waals surface area contributed by atoms with E-state index in [-0.39, 0.29) is 74.9 Å². The number of benzene rings is 1. The van der Waals surface area contributed by atoms with E-state index in [0.29, 0.717) is 11.4 Å². The Morgan fingerprint density at radius 2 is 1.69 bits per heavy atom. The molecule has 0 fully saturated rings. The second-order valence-electron chi connectivity index (χ2n) is 12.1. The summed E-state index contributed by atoms with van der Waals surface area (Å²) in [5.41, 5.74) is 11.5. The van der Waals surface area contributed by atoms with Gasteiger partial charge in [0, 0.05) is 37.3 Å². The van der Waals surface area contributed by atoms with Crippen LogP contribution >= 0.6 is 0 Å². The molecule has 0 aliphatic carbocycles. The molecule has 51 heavy (non-hydrogen) atoms. The van der Waals surface area contributed by atoms with E-state index in [1.54, 1.807) is 32.9 Å². The van der Waals surface area contributed by atoms with Crippen LogP contribution < -0.4 is 43.6 Å². The molecule has 1 aromatic carbocycles. The van der Waals surface area contributed by atoms with Crippen LogP contribution in [0, 0.1) is 0 Å². The maximum absolute atomic E-state index is 12.7. The third-order valence-corrected chi connectivity index (χ3v) is 6.69. The lowest BCUT2D eigenvalue weighted by Crippen LogP contribution is -2.49. The number of H-pyrrole nitrogens is 1. The summed E-state index contributed by atoms with van der Waals surface area (Å²) in [6.07, 6.45) is 0.441. The quantitative estimate of drug-likeness (QED) is 0.0712. The van der Waals surface area contributed by atoms with E-state index in [9.17, 15) is 33.9 Å². The molecule has 0 radical (unpaired) electrons. The minimum atomic E-state index is -1.31. The van der Waals surface area contributed by atoms with Crippen LogP contribution in [0.2, 0.25) is 0 Å². The first kappa shape index (κ1) is 39.5. The monoisotopic (exact) mass is 713 g/mol. The van der Waals surface area contributed by atoms with Gasteiger partial charge in [-0.25, -0.2) is 19.6 Å². The van der Waals surface area contributed by atoms with Gasteiger partial charge in [-0.15, -0.1) is 0 Å². The number of aromatic nitrogens is 4. The molecule has 3 aromatic rings. The molecular weight excluding hydrogens is 670 g/mol. The molecule has 0 bridgehead atoms. The number of carboxylic acid groups (broad SMARTS) is 1. The summed E-state index contributed by atoms with van der Waals surface area (Å²) in [6.45, 7) is 5.75. The molecular formula is C31H43N11O9. The molecule has 0 spiro atoms. The average Bonchev–Trinajstić information content (AvgIpc) is 3.06. The van der Waals surface area contributed by atoms with Gasteiger partial charge in [-0.1, -0.05) is 0 Å². The Balaban J connectivity index is 1.31. The smallest absolute Gasteiger partial charge is 0.407 e. The predicted molar refractivity (Wildman–Crippen MR) is 183 cm³/mol. The van der Waals surface area contributed by atoms with Crippen molar-refractivity contribution >= 4 is 52.6 Å². The van der Waals surface area contributed by atoms with E-state index in [1.165, 1.54) is 18.3 Å². The molecule has 20 heteroatoms. The number of anilines is 2. The van der Waals surface area contributed by atoms with Crippen molar-refractivity contribution in [2.45, 2.75) is 57.8 Å². The summed E-state index contributed by atoms with van der Waals surface area (Å²) < 4.78 is 10.4. The largest absolute Gasteiger partial charge is 0.480 e. The van der Waals surface area contributed by atoms with Crippen molar-refractivity contribution in [1.29, 1.82) is 0 Å². The number of nitrogens with zero attached hydrogens (tertiary/aromatic N) is 3. The lowest BCUT2D eigenvalue weighted by Gasteiger charge is -2.20. The summed E-state index contributed by atoms with van der Waals surface area (Å²) in [5.74, 6) is -2.93. The first-order chi connectivity index (χ1) is 24.1. The molecule has 0 aliphatic heterocycles. The number of fused-ring (bicyclic) bond motifs is 1. The van der Waals surface area contributed by atoms with Crippen molar-refractivity contribution in [2.75, 3.05) is 43.9 Å². The van der Waals surface area contributed by atoms with Crippen LogP contribution in [-0.2, 0) is 30.4 Å². The van der Waals surface area contributed by atoms with Gasteiger partial charge < -0.3 is 52.6 Å². The topological polar surface area (TPSA) is 308 Å². The molecule has 0 saturated heterocycles. The molecule has 2 heterocycles.